The minimum absolute atomic E-state index is 0.381. The molecule has 0 aliphatic heterocycles. The van der Waals surface area contributed by atoms with Gasteiger partial charge in [-0.05, 0) is 6.42 Å². The van der Waals surface area contributed by atoms with Crippen LogP contribution in [0.3, 0.4) is 0 Å². The molecule has 0 fully saturated rings. The third-order valence-electron chi connectivity index (χ3n) is 1.07. The van der Waals surface area contributed by atoms with Gasteiger partial charge in [0.1, 0.15) is 0 Å². The molecule has 62 valence electrons. The molecule has 0 aromatic rings. The minimum Gasteiger partial charge on any atom is -0.468 e. The van der Waals surface area contributed by atoms with Gasteiger partial charge in [0.15, 0.2) is 0 Å². The van der Waals surface area contributed by atoms with Crippen molar-refractivity contribution < 1.29 is 4.74 Å². The second kappa shape index (κ2) is 5.85. The summed E-state index contributed by atoms with van der Waals surface area (Å²) in [5.41, 5.74) is 2.09. The molecule has 0 saturated carbocycles. The van der Waals surface area contributed by atoms with Crippen molar-refractivity contribution in [2.75, 3.05) is 7.11 Å². The van der Waals surface area contributed by atoms with Gasteiger partial charge in [0.25, 0.3) is 6.02 Å². The molecule has 0 spiro atoms. The van der Waals surface area contributed by atoms with Crippen molar-refractivity contribution in [2.24, 2.45) is 4.99 Å². The Morgan fingerprint density at radius 3 is 2.82 bits per heavy atom. The normalized spacial score (nSPS) is 10.5. The van der Waals surface area contributed by atoms with Gasteiger partial charge in [0.2, 0.25) is 0 Å². The molecule has 11 heavy (non-hydrogen) atoms. The van der Waals surface area contributed by atoms with Crippen LogP contribution in [0.1, 0.15) is 13.3 Å². The van der Waals surface area contributed by atoms with Crippen molar-refractivity contribution in [2.45, 2.75) is 13.3 Å². The summed E-state index contributed by atoms with van der Waals surface area (Å²) < 4.78 is 4.84. The lowest BCUT2D eigenvalue weighted by molar-refractivity contribution is 0.386. The Hall–Kier alpha value is -0.900. The van der Waals surface area contributed by atoms with Gasteiger partial charge in [-0.25, -0.2) is 0 Å². The number of thiocarbonyl (C=S) groups is 1. The molecule has 0 aromatic heterocycles. The lowest BCUT2D eigenvalue weighted by Gasteiger charge is -2.06. The van der Waals surface area contributed by atoms with Crippen molar-refractivity contribution in [3.63, 3.8) is 0 Å². The zero-order valence-corrected chi connectivity index (χ0v) is 7.57. The predicted octanol–water partition coefficient (Wildman–Crippen LogP) is 1.46. The zero-order chi connectivity index (χ0) is 8.69. The van der Waals surface area contributed by atoms with Crippen LogP contribution in [0, 0.1) is 0 Å². The molecule has 0 aromatic carbocycles. The van der Waals surface area contributed by atoms with Gasteiger partial charge in [-0.1, -0.05) is 25.7 Å². The number of hydrogen-bond acceptors (Lipinski definition) is 2. The summed E-state index contributed by atoms with van der Waals surface area (Å²) in [6.45, 7) is 5.71. The van der Waals surface area contributed by atoms with Gasteiger partial charge in [-0.2, -0.15) is 4.99 Å². The van der Waals surface area contributed by atoms with Crippen molar-refractivity contribution in [3.8, 4) is 0 Å². The molecule has 0 saturated heterocycles. The molecule has 0 aliphatic rings. The molecule has 0 bridgehead atoms. The number of ether oxygens (including phenoxy) is 1. The summed E-state index contributed by atoms with van der Waals surface area (Å²) in [6, 6.07) is 0.381. The fourth-order valence-corrected chi connectivity index (χ4v) is 0.519. The van der Waals surface area contributed by atoms with Crippen LogP contribution in [-0.2, 0) is 4.74 Å². The number of hydrogen-bond donors (Lipinski definition) is 1. The van der Waals surface area contributed by atoms with Crippen molar-refractivity contribution >= 4 is 23.7 Å². The summed E-state index contributed by atoms with van der Waals surface area (Å²) in [4.78, 5) is 3.74. The first kappa shape index (κ1) is 10.1. The van der Waals surface area contributed by atoms with E-state index in [2.05, 4.69) is 29.1 Å². The molecule has 0 atom stereocenters. The van der Waals surface area contributed by atoms with E-state index < -0.39 is 0 Å². The van der Waals surface area contributed by atoms with E-state index in [1.54, 1.807) is 0 Å². The van der Waals surface area contributed by atoms with E-state index in [1.807, 2.05) is 6.92 Å². The van der Waals surface area contributed by atoms with E-state index in [4.69, 9.17) is 4.74 Å². The van der Waals surface area contributed by atoms with E-state index in [0.717, 1.165) is 12.1 Å². The largest absolute Gasteiger partial charge is 0.468 e. The average molecular weight is 172 g/mol. The van der Waals surface area contributed by atoms with Crippen LogP contribution >= 0.6 is 12.2 Å². The highest BCUT2D eigenvalue weighted by Gasteiger charge is 1.95. The third-order valence-corrected chi connectivity index (χ3v) is 1.18. The lowest BCUT2D eigenvalue weighted by Crippen LogP contribution is -2.23. The fourth-order valence-electron chi connectivity index (χ4n) is 0.423. The first-order valence-electron chi connectivity index (χ1n) is 3.24. The number of nitrogens with zero attached hydrogens (tertiary/aromatic N) is 1. The number of nitrogens with one attached hydrogen (secondary N) is 1. The van der Waals surface area contributed by atoms with E-state index in [1.165, 1.54) is 12.6 Å². The van der Waals surface area contributed by atoms with Crippen LogP contribution in [0.15, 0.2) is 17.3 Å². The zero-order valence-electron chi connectivity index (χ0n) is 6.76. The molecule has 3 nitrogen and oxygen atoms in total. The van der Waals surface area contributed by atoms with Gasteiger partial charge < -0.3 is 10.1 Å². The van der Waals surface area contributed by atoms with Crippen LogP contribution in [0.5, 0.6) is 0 Å². The Balaban J connectivity index is 3.97. The maximum atomic E-state index is 4.84. The number of rotatable bonds is 3. The molecular formula is C7H12N2OS. The van der Waals surface area contributed by atoms with Gasteiger partial charge in [0.05, 0.1) is 12.6 Å². The van der Waals surface area contributed by atoms with Crippen LogP contribution in [0.4, 0.5) is 0 Å². The highest BCUT2D eigenvalue weighted by atomic mass is 32.1. The first-order valence-corrected chi connectivity index (χ1v) is 3.72. The Bertz CT molecular complexity index is 177. The SMILES string of the molecule is C=C(CC)NC(=NC=S)OC. The van der Waals surface area contributed by atoms with Crippen LogP contribution in [-0.4, -0.2) is 18.6 Å². The quantitative estimate of drug-likeness (QED) is 0.397. The predicted molar refractivity (Wildman–Crippen MR) is 50.7 cm³/mol. The number of methoxy groups -OCH3 is 1. The Morgan fingerprint density at radius 1 is 1.82 bits per heavy atom. The Morgan fingerprint density at radius 2 is 2.45 bits per heavy atom. The van der Waals surface area contributed by atoms with Crippen LogP contribution in [0.2, 0.25) is 0 Å². The van der Waals surface area contributed by atoms with Crippen molar-refractivity contribution in [1.29, 1.82) is 0 Å². The molecule has 0 aliphatic carbocycles. The van der Waals surface area contributed by atoms with Crippen molar-refractivity contribution in [3.05, 3.63) is 12.3 Å². The molecule has 0 unspecified atom stereocenters. The second-order valence-corrected chi connectivity index (χ2v) is 2.04. The van der Waals surface area contributed by atoms with E-state index in [-0.39, 0.29) is 0 Å². The Kier molecular flexibility index (Phi) is 5.37. The summed E-state index contributed by atoms with van der Waals surface area (Å²) >= 11 is 4.52. The first-order chi connectivity index (χ1) is 5.24. The fraction of sp³-hybridized carbons (Fsp3) is 0.429. The summed E-state index contributed by atoms with van der Waals surface area (Å²) in [7, 11) is 1.52. The summed E-state index contributed by atoms with van der Waals surface area (Å²) in [6.07, 6.45) is 0.833. The summed E-state index contributed by atoms with van der Waals surface area (Å²) in [5, 5.41) is 2.85. The van der Waals surface area contributed by atoms with Gasteiger partial charge in [0, 0.05) is 5.70 Å². The van der Waals surface area contributed by atoms with E-state index in [0.29, 0.717) is 6.02 Å². The van der Waals surface area contributed by atoms with E-state index >= 15 is 0 Å². The van der Waals surface area contributed by atoms with Gasteiger partial charge >= 0.3 is 0 Å². The van der Waals surface area contributed by atoms with Gasteiger partial charge in [-0.3, -0.25) is 0 Å². The average Bonchev–Trinajstić information content (AvgIpc) is 2.03. The maximum Gasteiger partial charge on any atom is 0.294 e. The standard InChI is InChI=1S/C7H12N2OS/c1-4-6(2)9-7(10-3)8-5-11/h5H,2,4H2,1,3H3,(H,8,9,11). The minimum atomic E-state index is 0.381. The molecule has 0 rings (SSSR count). The number of amidine groups is 1. The topological polar surface area (TPSA) is 33.6 Å². The third kappa shape index (κ3) is 4.50. The number of allylic oxidation sites excluding steroid dienone is 1. The van der Waals surface area contributed by atoms with E-state index in [9.17, 15) is 0 Å². The molecular weight excluding hydrogens is 160 g/mol. The highest BCUT2D eigenvalue weighted by molar-refractivity contribution is 7.78. The molecule has 1 N–H and O–H groups in total. The lowest BCUT2D eigenvalue weighted by atomic mass is 10.4. The second-order valence-electron chi connectivity index (χ2n) is 1.83. The number of aliphatic imine (C=N–C) groups is 1. The molecule has 4 heteroatoms. The monoisotopic (exact) mass is 172 g/mol. The van der Waals surface area contributed by atoms with Crippen LogP contribution in [0.25, 0.3) is 0 Å². The molecule has 0 radical (unpaired) electrons. The Labute approximate surface area is 72.2 Å². The smallest absolute Gasteiger partial charge is 0.294 e. The van der Waals surface area contributed by atoms with Gasteiger partial charge in [-0.15, -0.1) is 0 Å². The highest BCUT2D eigenvalue weighted by Crippen LogP contribution is 1.90. The molecule has 0 amide bonds. The molecule has 0 heterocycles. The maximum absolute atomic E-state index is 4.84. The van der Waals surface area contributed by atoms with Crippen LogP contribution < -0.4 is 5.32 Å². The van der Waals surface area contributed by atoms with Crippen molar-refractivity contribution in [1.82, 2.24) is 5.32 Å². The summed E-state index contributed by atoms with van der Waals surface area (Å²) in [5.74, 6) is 0.